The van der Waals surface area contributed by atoms with E-state index in [0.717, 1.165) is 16.9 Å². The standard InChI is InChI=1S/C21H21ClN8O/c1-21(2,28-20(23)31)12-6-8-14(9-7-12)26-19-16-17(24-11-25-18(16)29-30-19)27-15-5-3-4-13(22)10-15/h3-11H,1-2H3,(H3,23,28,31)(H3,24,25,26,27,29,30). The van der Waals surface area contributed by atoms with Gasteiger partial charge in [0.15, 0.2) is 11.5 Å². The predicted octanol–water partition coefficient (Wildman–Crippen LogP) is 4.40. The van der Waals surface area contributed by atoms with Gasteiger partial charge in [-0.2, -0.15) is 5.10 Å². The number of amides is 2. The number of hydrogen-bond acceptors (Lipinski definition) is 6. The van der Waals surface area contributed by atoms with Crippen LogP contribution < -0.4 is 21.7 Å². The molecular formula is C21H21ClN8O. The van der Waals surface area contributed by atoms with Crippen LogP contribution in [-0.2, 0) is 5.54 Å². The maximum atomic E-state index is 11.2. The van der Waals surface area contributed by atoms with E-state index >= 15 is 0 Å². The molecule has 0 aliphatic rings. The van der Waals surface area contributed by atoms with Crippen LogP contribution in [0.3, 0.4) is 0 Å². The second-order valence-electron chi connectivity index (χ2n) is 7.47. The number of aromatic nitrogens is 4. The van der Waals surface area contributed by atoms with Crippen LogP contribution in [0.4, 0.5) is 27.8 Å². The molecule has 4 aromatic rings. The van der Waals surface area contributed by atoms with Gasteiger partial charge in [-0.25, -0.2) is 14.8 Å². The van der Waals surface area contributed by atoms with E-state index in [0.29, 0.717) is 27.7 Å². The lowest BCUT2D eigenvalue weighted by molar-refractivity contribution is 0.238. The Hall–Kier alpha value is -3.85. The summed E-state index contributed by atoms with van der Waals surface area (Å²) in [5.41, 5.74) is 7.79. The number of fused-ring (bicyclic) bond motifs is 1. The first-order valence-corrected chi connectivity index (χ1v) is 9.86. The second-order valence-corrected chi connectivity index (χ2v) is 7.91. The second kappa shape index (κ2) is 8.11. The molecule has 0 aliphatic carbocycles. The van der Waals surface area contributed by atoms with Gasteiger partial charge in [-0.05, 0) is 49.7 Å². The fraction of sp³-hybridized carbons (Fsp3) is 0.143. The molecule has 0 unspecified atom stereocenters. The van der Waals surface area contributed by atoms with Crippen molar-refractivity contribution in [3.63, 3.8) is 0 Å². The van der Waals surface area contributed by atoms with E-state index < -0.39 is 11.6 Å². The number of urea groups is 1. The maximum Gasteiger partial charge on any atom is 0.312 e. The molecular weight excluding hydrogens is 416 g/mol. The summed E-state index contributed by atoms with van der Waals surface area (Å²) in [5, 5.41) is 17.9. The molecule has 9 nitrogen and oxygen atoms in total. The van der Waals surface area contributed by atoms with Gasteiger partial charge in [0.05, 0.1) is 5.54 Å². The molecule has 10 heteroatoms. The van der Waals surface area contributed by atoms with Crippen molar-refractivity contribution in [2.24, 2.45) is 5.73 Å². The van der Waals surface area contributed by atoms with Crippen molar-refractivity contribution in [1.29, 1.82) is 0 Å². The minimum absolute atomic E-state index is 0.572. The molecule has 31 heavy (non-hydrogen) atoms. The molecule has 6 N–H and O–H groups in total. The number of nitrogens with two attached hydrogens (primary N) is 1. The molecule has 0 spiro atoms. The third kappa shape index (κ3) is 4.51. The summed E-state index contributed by atoms with van der Waals surface area (Å²) >= 11 is 6.09. The number of nitrogens with zero attached hydrogens (tertiary/aromatic N) is 3. The van der Waals surface area contributed by atoms with Crippen molar-refractivity contribution in [1.82, 2.24) is 25.5 Å². The highest BCUT2D eigenvalue weighted by molar-refractivity contribution is 6.30. The van der Waals surface area contributed by atoms with Crippen molar-refractivity contribution >= 4 is 51.7 Å². The average Bonchev–Trinajstić information content (AvgIpc) is 3.11. The third-order valence-electron chi connectivity index (χ3n) is 4.75. The van der Waals surface area contributed by atoms with Crippen molar-refractivity contribution < 1.29 is 4.79 Å². The van der Waals surface area contributed by atoms with Gasteiger partial charge in [0, 0.05) is 16.4 Å². The molecule has 0 bridgehead atoms. The minimum atomic E-state index is -0.592. The third-order valence-corrected chi connectivity index (χ3v) is 4.99. The molecule has 0 fully saturated rings. The summed E-state index contributed by atoms with van der Waals surface area (Å²) < 4.78 is 0. The van der Waals surface area contributed by atoms with Gasteiger partial charge in [0.2, 0.25) is 0 Å². The highest BCUT2D eigenvalue weighted by Crippen LogP contribution is 2.31. The van der Waals surface area contributed by atoms with Crippen LogP contribution in [-0.4, -0.2) is 26.2 Å². The van der Waals surface area contributed by atoms with E-state index in [1.807, 2.05) is 56.3 Å². The van der Waals surface area contributed by atoms with Crippen molar-refractivity contribution in [3.8, 4) is 0 Å². The molecule has 2 aromatic carbocycles. The zero-order valence-corrected chi connectivity index (χ0v) is 17.7. The summed E-state index contributed by atoms with van der Waals surface area (Å²) in [6.07, 6.45) is 1.46. The number of benzene rings is 2. The molecule has 0 saturated carbocycles. The number of aromatic amines is 1. The number of nitrogens with one attached hydrogen (secondary N) is 4. The molecule has 0 radical (unpaired) electrons. The molecule has 2 amide bonds. The van der Waals surface area contributed by atoms with Crippen LogP contribution >= 0.6 is 11.6 Å². The highest BCUT2D eigenvalue weighted by atomic mass is 35.5. The lowest BCUT2D eigenvalue weighted by Crippen LogP contribution is -2.43. The number of anilines is 4. The number of carbonyl (C=O) groups is 1. The monoisotopic (exact) mass is 436 g/mol. The zero-order valence-electron chi connectivity index (χ0n) is 16.9. The zero-order chi connectivity index (χ0) is 22.0. The van der Waals surface area contributed by atoms with Crippen LogP contribution in [0.5, 0.6) is 0 Å². The average molecular weight is 437 g/mol. The Balaban J connectivity index is 1.61. The van der Waals surface area contributed by atoms with Crippen LogP contribution in [0, 0.1) is 0 Å². The minimum Gasteiger partial charge on any atom is -0.352 e. The van der Waals surface area contributed by atoms with E-state index in [1.165, 1.54) is 6.33 Å². The first-order chi connectivity index (χ1) is 14.8. The predicted molar refractivity (Wildman–Crippen MR) is 122 cm³/mol. The van der Waals surface area contributed by atoms with Gasteiger partial charge in [-0.1, -0.05) is 29.8 Å². The number of hydrogen-bond donors (Lipinski definition) is 5. The number of H-pyrrole nitrogens is 1. The summed E-state index contributed by atoms with van der Waals surface area (Å²) in [5.74, 6) is 1.16. The van der Waals surface area contributed by atoms with Gasteiger partial charge in [-0.3, -0.25) is 5.10 Å². The molecule has 4 rings (SSSR count). The maximum absolute atomic E-state index is 11.2. The molecule has 158 valence electrons. The largest absolute Gasteiger partial charge is 0.352 e. The first kappa shape index (κ1) is 20.4. The number of primary amides is 1. The highest BCUT2D eigenvalue weighted by Gasteiger charge is 2.21. The van der Waals surface area contributed by atoms with E-state index in [4.69, 9.17) is 17.3 Å². The van der Waals surface area contributed by atoms with Crippen LogP contribution in [0.1, 0.15) is 19.4 Å². The lowest BCUT2D eigenvalue weighted by atomic mass is 9.94. The molecule has 2 heterocycles. The Labute approximate surface area is 183 Å². The normalized spacial score (nSPS) is 11.3. The SMILES string of the molecule is CC(C)(NC(N)=O)c1ccc(Nc2n[nH]c3ncnc(Nc4cccc(Cl)c4)c23)cc1. The Morgan fingerprint density at radius 3 is 2.48 bits per heavy atom. The van der Waals surface area contributed by atoms with Crippen LogP contribution in [0.2, 0.25) is 5.02 Å². The van der Waals surface area contributed by atoms with Crippen LogP contribution in [0.15, 0.2) is 54.9 Å². The van der Waals surface area contributed by atoms with Gasteiger partial charge < -0.3 is 21.7 Å². The van der Waals surface area contributed by atoms with Gasteiger partial charge in [-0.15, -0.1) is 0 Å². The topological polar surface area (TPSA) is 134 Å². The molecule has 2 aromatic heterocycles. The van der Waals surface area contributed by atoms with Crippen molar-refractivity contribution in [2.75, 3.05) is 10.6 Å². The number of halogens is 1. The van der Waals surface area contributed by atoms with E-state index in [-0.39, 0.29) is 0 Å². The van der Waals surface area contributed by atoms with Gasteiger partial charge >= 0.3 is 6.03 Å². The van der Waals surface area contributed by atoms with Gasteiger partial charge in [0.25, 0.3) is 0 Å². The summed E-state index contributed by atoms with van der Waals surface area (Å²) in [4.78, 5) is 19.8. The van der Waals surface area contributed by atoms with E-state index in [9.17, 15) is 4.79 Å². The Morgan fingerprint density at radius 1 is 1.03 bits per heavy atom. The Kier molecular flexibility index (Phi) is 5.35. The Bertz CT molecular complexity index is 1240. The van der Waals surface area contributed by atoms with E-state index in [1.54, 1.807) is 6.07 Å². The first-order valence-electron chi connectivity index (χ1n) is 9.49. The lowest BCUT2D eigenvalue weighted by Gasteiger charge is -2.26. The van der Waals surface area contributed by atoms with Crippen molar-refractivity contribution in [3.05, 3.63) is 65.4 Å². The summed E-state index contributed by atoms with van der Waals surface area (Å²) in [6, 6.07) is 14.4. The molecule has 0 atom stereocenters. The summed E-state index contributed by atoms with van der Waals surface area (Å²) in [6.45, 7) is 3.76. The fourth-order valence-corrected chi connectivity index (χ4v) is 3.42. The van der Waals surface area contributed by atoms with Gasteiger partial charge in [0.1, 0.15) is 17.5 Å². The number of carbonyl (C=O) groups excluding carboxylic acids is 1. The fourth-order valence-electron chi connectivity index (χ4n) is 3.23. The van der Waals surface area contributed by atoms with E-state index in [2.05, 4.69) is 36.1 Å². The quantitative estimate of drug-likeness (QED) is 0.304. The molecule has 0 aliphatic heterocycles. The van der Waals surface area contributed by atoms with Crippen LogP contribution in [0.25, 0.3) is 11.0 Å². The number of rotatable bonds is 6. The Morgan fingerprint density at radius 2 is 1.77 bits per heavy atom. The molecule has 0 saturated heterocycles. The van der Waals surface area contributed by atoms with Crippen molar-refractivity contribution in [2.45, 2.75) is 19.4 Å². The smallest absolute Gasteiger partial charge is 0.312 e. The summed E-state index contributed by atoms with van der Waals surface area (Å²) in [7, 11) is 0.